The molecule has 0 amide bonds. The van der Waals surface area contributed by atoms with E-state index in [4.69, 9.17) is 14.2 Å². The summed E-state index contributed by atoms with van der Waals surface area (Å²) in [6.07, 6.45) is 3.15. The van der Waals surface area contributed by atoms with Crippen LogP contribution in [0.4, 0.5) is 0 Å². The number of allylic oxidation sites excluding steroid dienone is 1. The lowest BCUT2D eigenvalue weighted by Gasteiger charge is -2.55. The fourth-order valence-electron chi connectivity index (χ4n) is 9.10. The molecule has 11 nitrogen and oxygen atoms in total. The Kier molecular flexibility index (Phi) is 8.80. The first kappa shape index (κ1) is 32.7. The molecule has 0 radical (unpaired) electrons. The Morgan fingerprint density at radius 1 is 0.848 bits per heavy atom. The number of carboxylic acid groups (broad SMARTS) is 1. The average molecular weight is 639 g/mol. The highest BCUT2D eigenvalue weighted by atomic mass is 16.6. The van der Waals surface area contributed by atoms with Crippen molar-refractivity contribution in [1.82, 2.24) is 9.80 Å². The summed E-state index contributed by atoms with van der Waals surface area (Å²) in [7, 11) is 3.94. The lowest BCUT2D eigenvalue weighted by atomic mass is 9.45. The number of aliphatic carboxylic acids is 1. The second-order valence-corrected chi connectivity index (χ2v) is 14.3. The van der Waals surface area contributed by atoms with Crippen molar-refractivity contribution in [1.29, 1.82) is 0 Å². The van der Waals surface area contributed by atoms with Gasteiger partial charge in [0.15, 0.2) is 0 Å². The van der Waals surface area contributed by atoms with E-state index in [1.165, 1.54) is 6.92 Å². The molecule has 1 saturated carbocycles. The Morgan fingerprint density at radius 2 is 1.46 bits per heavy atom. The SMILES string of the molecule is C/C=C(/C)C(=O)O[C@@H]1C[C@@H]2C[C@H](OC(=O)C3C(c4ccccc4)C(C(=O)O)C3(C)C(=O)O[C@@H]3C[C@@H]4C[C@@H](O)C[C@H]3N4C)C[C@H]1N2C. The summed E-state index contributed by atoms with van der Waals surface area (Å²) in [5, 5.41) is 20.8. The van der Waals surface area contributed by atoms with Crippen LogP contribution in [-0.4, -0.2) is 107 Å². The number of rotatable bonds is 8. The van der Waals surface area contributed by atoms with Crippen molar-refractivity contribution in [2.45, 2.75) is 114 Å². The number of nitrogens with zero attached hydrogens (tertiary/aromatic N) is 2. The van der Waals surface area contributed by atoms with Crippen molar-refractivity contribution in [2.24, 2.45) is 17.3 Å². The van der Waals surface area contributed by atoms with E-state index >= 15 is 0 Å². The molecule has 46 heavy (non-hydrogen) atoms. The number of aliphatic hydroxyl groups is 1. The van der Waals surface area contributed by atoms with Crippen LogP contribution in [0.2, 0.25) is 0 Å². The van der Waals surface area contributed by atoms with Crippen LogP contribution in [0.3, 0.4) is 0 Å². The van der Waals surface area contributed by atoms with Crippen LogP contribution in [0.5, 0.6) is 0 Å². The summed E-state index contributed by atoms with van der Waals surface area (Å²) in [4.78, 5) is 58.0. The van der Waals surface area contributed by atoms with Crippen molar-refractivity contribution >= 4 is 23.9 Å². The minimum atomic E-state index is -1.66. The Balaban J connectivity index is 1.23. The highest BCUT2D eigenvalue weighted by Crippen LogP contribution is 2.62. The third-order valence-electron chi connectivity index (χ3n) is 11.9. The van der Waals surface area contributed by atoms with Crippen LogP contribution in [0.15, 0.2) is 42.0 Å². The molecule has 5 fully saturated rings. The Morgan fingerprint density at radius 3 is 2.09 bits per heavy atom. The fraction of sp³-hybridized carbons (Fsp3) is 0.657. The van der Waals surface area contributed by atoms with Gasteiger partial charge in [-0.05, 0) is 53.3 Å². The van der Waals surface area contributed by atoms with Gasteiger partial charge >= 0.3 is 23.9 Å². The summed E-state index contributed by atoms with van der Waals surface area (Å²) < 4.78 is 18.1. The summed E-state index contributed by atoms with van der Waals surface area (Å²) in [5.41, 5.74) is -0.479. The molecule has 1 aliphatic carbocycles. The van der Waals surface area contributed by atoms with E-state index in [0.717, 1.165) is 0 Å². The highest BCUT2D eigenvalue weighted by molar-refractivity contribution is 5.95. The first-order valence-corrected chi connectivity index (χ1v) is 16.5. The second kappa shape index (κ2) is 12.4. The fourth-order valence-corrected chi connectivity index (χ4v) is 9.10. The summed E-state index contributed by atoms with van der Waals surface area (Å²) in [6, 6.07) is 8.76. The maximum absolute atomic E-state index is 14.2. The van der Waals surface area contributed by atoms with Gasteiger partial charge in [0.25, 0.3) is 0 Å². The zero-order chi connectivity index (χ0) is 33.1. The number of fused-ring (bicyclic) bond motifs is 4. The number of hydrogen-bond donors (Lipinski definition) is 2. The van der Waals surface area contributed by atoms with Crippen molar-refractivity contribution in [3.05, 3.63) is 47.5 Å². The van der Waals surface area contributed by atoms with Crippen molar-refractivity contribution < 1.29 is 43.6 Å². The number of benzene rings is 1. The van der Waals surface area contributed by atoms with Gasteiger partial charge in [-0.15, -0.1) is 0 Å². The number of likely N-dealkylation sites (N-methyl/N-ethyl adjacent to an activating group) is 2. The topological polar surface area (TPSA) is 143 Å². The van der Waals surface area contributed by atoms with Gasteiger partial charge < -0.3 is 24.4 Å². The molecule has 4 unspecified atom stereocenters. The minimum absolute atomic E-state index is 0.0451. The molecule has 4 heterocycles. The van der Waals surface area contributed by atoms with Crippen molar-refractivity contribution in [2.75, 3.05) is 14.1 Å². The van der Waals surface area contributed by atoms with E-state index in [9.17, 15) is 29.4 Å². The van der Waals surface area contributed by atoms with E-state index < -0.39 is 59.4 Å². The van der Waals surface area contributed by atoms with Crippen LogP contribution in [-0.2, 0) is 33.4 Å². The molecule has 4 aliphatic heterocycles. The molecular weight excluding hydrogens is 592 g/mol. The standard InChI is InChI=1S/C35H46N2O9/c1-6-18(2)32(41)45-26-15-21-13-23(17-25(26)37(21)5)44-33(42)30-28(19-10-8-7-9-11-19)29(31(39)40)35(30,3)34(43)46-27-14-20-12-22(38)16-24(27)36(20)4/h6-11,20-30,38H,12-17H2,1-5H3,(H,39,40)/b18-6-/t20-,21-,22+,23-,24+,25+,26+,27+,28?,29?,30?,35?/m0/s1. The van der Waals surface area contributed by atoms with Crippen LogP contribution in [0, 0.1) is 17.3 Å². The van der Waals surface area contributed by atoms with E-state index in [2.05, 4.69) is 9.80 Å². The molecule has 11 heteroatoms. The molecule has 5 aliphatic rings. The number of carbonyl (C=O) groups excluding carboxylic acids is 3. The van der Waals surface area contributed by atoms with E-state index in [0.29, 0.717) is 49.7 Å². The smallest absolute Gasteiger partial charge is 0.333 e. The second-order valence-electron chi connectivity index (χ2n) is 14.3. The largest absolute Gasteiger partial charge is 0.481 e. The zero-order valence-corrected chi connectivity index (χ0v) is 27.2. The maximum atomic E-state index is 14.2. The van der Waals surface area contributed by atoms with E-state index in [1.54, 1.807) is 44.2 Å². The first-order valence-electron chi connectivity index (χ1n) is 16.5. The summed E-state index contributed by atoms with van der Waals surface area (Å²) in [5.74, 6) is -5.92. The minimum Gasteiger partial charge on any atom is -0.481 e. The van der Waals surface area contributed by atoms with Gasteiger partial charge in [0.1, 0.15) is 18.3 Å². The lowest BCUT2D eigenvalue weighted by Crippen LogP contribution is -2.65. The number of carbonyl (C=O) groups is 4. The predicted molar refractivity (Wildman–Crippen MR) is 165 cm³/mol. The maximum Gasteiger partial charge on any atom is 0.333 e. The quantitative estimate of drug-likeness (QED) is 0.247. The van der Waals surface area contributed by atoms with Crippen LogP contribution in [0.25, 0.3) is 0 Å². The Hall–Kier alpha value is -3.28. The van der Waals surface area contributed by atoms with Crippen LogP contribution < -0.4 is 0 Å². The summed E-state index contributed by atoms with van der Waals surface area (Å²) in [6.45, 7) is 5.03. The lowest BCUT2D eigenvalue weighted by molar-refractivity contribution is -0.207. The van der Waals surface area contributed by atoms with Crippen molar-refractivity contribution in [3.63, 3.8) is 0 Å². The molecule has 4 saturated heterocycles. The molecular formula is C35H46N2O9. The molecule has 2 N–H and O–H groups in total. The number of ether oxygens (including phenoxy) is 3. The molecule has 250 valence electrons. The van der Waals surface area contributed by atoms with Gasteiger partial charge in [-0.1, -0.05) is 36.4 Å². The zero-order valence-electron chi connectivity index (χ0n) is 27.2. The molecule has 6 rings (SSSR count). The Labute approximate surface area is 269 Å². The van der Waals surface area contributed by atoms with Crippen LogP contribution >= 0.6 is 0 Å². The van der Waals surface area contributed by atoms with E-state index in [1.807, 2.05) is 20.2 Å². The molecule has 0 aromatic heterocycles. The average Bonchev–Trinajstić information content (AvgIpc) is 3.27. The van der Waals surface area contributed by atoms with Crippen LogP contribution in [0.1, 0.15) is 70.8 Å². The van der Waals surface area contributed by atoms with Gasteiger partial charge in [0.05, 0.1) is 29.4 Å². The molecule has 1 aromatic carbocycles. The van der Waals surface area contributed by atoms with E-state index in [-0.39, 0.29) is 36.2 Å². The number of carboxylic acids is 1. The number of aliphatic hydroxyl groups excluding tert-OH is 1. The number of esters is 3. The van der Waals surface area contributed by atoms with Gasteiger partial charge in [0.2, 0.25) is 0 Å². The van der Waals surface area contributed by atoms with Gasteiger partial charge in [-0.2, -0.15) is 0 Å². The number of piperidine rings is 2. The molecule has 4 bridgehead atoms. The van der Waals surface area contributed by atoms with Gasteiger partial charge in [0, 0.05) is 55.3 Å². The first-order chi connectivity index (χ1) is 21.8. The third-order valence-corrected chi connectivity index (χ3v) is 11.9. The third kappa shape index (κ3) is 5.44. The van der Waals surface area contributed by atoms with Crippen molar-refractivity contribution in [3.8, 4) is 0 Å². The predicted octanol–water partition coefficient (Wildman–Crippen LogP) is 2.90. The normalized spacial score (nSPS) is 40.6. The van der Waals surface area contributed by atoms with Gasteiger partial charge in [-0.25, -0.2) is 4.79 Å². The molecule has 0 spiro atoms. The monoisotopic (exact) mass is 638 g/mol. The van der Waals surface area contributed by atoms with Gasteiger partial charge in [-0.3, -0.25) is 24.2 Å². The molecule has 1 aromatic rings. The summed E-state index contributed by atoms with van der Waals surface area (Å²) >= 11 is 0. The Bertz CT molecular complexity index is 1400. The molecule has 12 atom stereocenters. The number of hydrogen-bond acceptors (Lipinski definition) is 10. The highest BCUT2D eigenvalue weighted by Gasteiger charge is 2.71.